The van der Waals surface area contributed by atoms with Crippen molar-refractivity contribution in [2.45, 2.75) is 84.0 Å². The normalized spacial score (nSPS) is 12.0. The molecular weight excluding hydrogens is 252 g/mol. The van der Waals surface area contributed by atoms with Gasteiger partial charge in [-0.15, -0.1) is 0 Å². The standard InChI is InChI=1S/C21H36/c1-3-5-7-9-11-13-15-17-19-21-20-18-16-14-12-10-8-6-4-2/h3,5,7,11,13,17,19H,1,4,6,8-10,12,14-16,18,20-21H2,2H3/b7-5+,13-11+,19-17+. The second-order valence-corrected chi connectivity index (χ2v) is 5.70. The molecular formula is C21H36. The molecule has 0 aromatic heterocycles. The first-order valence-corrected chi connectivity index (χ1v) is 8.99. The van der Waals surface area contributed by atoms with Crippen LogP contribution in [0.15, 0.2) is 49.1 Å². The van der Waals surface area contributed by atoms with E-state index in [1.165, 1.54) is 64.2 Å². The molecule has 0 rings (SSSR count). The number of unbranched alkanes of at least 4 members (excludes halogenated alkanes) is 9. The van der Waals surface area contributed by atoms with Crippen LogP contribution in [0.25, 0.3) is 0 Å². The first-order valence-electron chi connectivity index (χ1n) is 8.99. The molecule has 0 atom stereocenters. The minimum atomic E-state index is 1.01. The van der Waals surface area contributed by atoms with Crippen molar-refractivity contribution in [3.63, 3.8) is 0 Å². The Hall–Kier alpha value is -1.04. The fraction of sp³-hybridized carbons (Fsp3) is 0.619. The zero-order valence-electron chi connectivity index (χ0n) is 14.2. The van der Waals surface area contributed by atoms with Crippen LogP contribution in [0.3, 0.4) is 0 Å². The highest BCUT2D eigenvalue weighted by Crippen LogP contribution is 2.10. The Morgan fingerprint density at radius 3 is 1.76 bits per heavy atom. The Balaban J connectivity index is 3.18. The van der Waals surface area contributed by atoms with E-state index in [0.717, 1.165) is 12.8 Å². The molecule has 0 radical (unpaired) electrons. The molecule has 0 spiro atoms. The minimum absolute atomic E-state index is 1.01. The molecule has 0 nitrogen and oxygen atoms in total. The maximum atomic E-state index is 3.65. The van der Waals surface area contributed by atoms with Gasteiger partial charge in [-0.3, -0.25) is 0 Å². The highest BCUT2D eigenvalue weighted by atomic mass is 14.0. The van der Waals surface area contributed by atoms with Gasteiger partial charge in [0, 0.05) is 0 Å². The van der Waals surface area contributed by atoms with Crippen LogP contribution in [0.2, 0.25) is 0 Å². The lowest BCUT2D eigenvalue weighted by molar-refractivity contribution is 0.566. The lowest BCUT2D eigenvalue weighted by Crippen LogP contribution is -1.80. The van der Waals surface area contributed by atoms with Crippen molar-refractivity contribution in [3.8, 4) is 0 Å². The van der Waals surface area contributed by atoms with Gasteiger partial charge >= 0.3 is 0 Å². The molecule has 0 saturated heterocycles. The maximum Gasteiger partial charge on any atom is -0.0166 e. The average Bonchev–Trinajstić information content (AvgIpc) is 2.50. The van der Waals surface area contributed by atoms with Crippen molar-refractivity contribution in [3.05, 3.63) is 49.1 Å². The predicted octanol–water partition coefficient (Wildman–Crippen LogP) is 7.54. The van der Waals surface area contributed by atoms with Gasteiger partial charge in [0.15, 0.2) is 0 Å². The third kappa shape index (κ3) is 19.0. The van der Waals surface area contributed by atoms with Gasteiger partial charge in [0.05, 0.1) is 0 Å². The lowest BCUT2D eigenvalue weighted by Gasteiger charge is -2.00. The first-order chi connectivity index (χ1) is 10.4. The van der Waals surface area contributed by atoms with Crippen LogP contribution in [0.4, 0.5) is 0 Å². The summed E-state index contributed by atoms with van der Waals surface area (Å²) < 4.78 is 0. The van der Waals surface area contributed by atoms with Crippen LogP contribution < -0.4 is 0 Å². The Morgan fingerprint density at radius 1 is 0.619 bits per heavy atom. The second-order valence-electron chi connectivity index (χ2n) is 5.70. The van der Waals surface area contributed by atoms with Gasteiger partial charge in [-0.05, 0) is 25.7 Å². The molecule has 0 aliphatic carbocycles. The summed E-state index contributed by atoms with van der Waals surface area (Å²) in [5.41, 5.74) is 0. The molecule has 0 aromatic carbocycles. The van der Waals surface area contributed by atoms with Crippen LogP contribution >= 0.6 is 0 Å². The third-order valence-corrected chi connectivity index (χ3v) is 3.62. The van der Waals surface area contributed by atoms with E-state index in [9.17, 15) is 0 Å². The zero-order valence-corrected chi connectivity index (χ0v) is 14.2. The van der Waals surface area contributed by atoms with Gasteiger partial charge in [0.25, 0.3) is 0 Å². The summed E-state index contributed by atoms with van der Waals surface area (Å²) in [4.78, 5) is 0. The summed E-state index contributed by atoms with van der Waals surface area (Å²) in [6, 6.07) is 0. The molecule has 0 saturated carbocycles. The number of hydrogen-bond acceptors (Lipinski definition) is 0. The van der Waals surface area contributed by atoms with E-state index in [2.05, 4.69) is 43.9 Å². The van der Waals surface area contributed by atoms with Crippen LogP contribution in [0, 0.1) is 0 Å². The van der Waals surface area contributed by atoms with E-state index >= 15 is 0 Å². The van der Waals surface area contributed by atoms with E-state index in [1.54, 1.807) is 0 Å². The van der Waals surface area contributed by atoms with Gasteiger partial charge in [-0.1, -0.05) is 107 Å². The Kier molecular flexibility index (Phi) is 18.0. The molecule has 0 aromatic rings. The largest absolute Gasteiger partial charge is 0.0991 e. The topological polar surface area (TPSA) is 0 Å². The first kappa shape index (κ1) is 20.0. The van der Waals surface area contributed by atoms with Gasteiger partial charge in [0.2, 0.25) is 0 Å². The van der Waals surface area contributed by atoms with Crippen molar-refractivity contribution >= 4 is 0 Å². The average molecular weight is 289 g/mol. The second kappa shape index (κ2) is 19.0. The molecule has 120 valence electrons. The van der Waals surface area contributed by atoms with Crippen molar-refractivity contribution in [2.75, 3.05) is 0 Å². The van der Waals surface area contributed by atoms with Crippen molar-refractivity contribution < 1.29 is 0 Å². The minimum Gasteiger partial charge on any atom is -0.0991 e. The Morgan fingerprint density at radius 2 is 1.14 bits per heavy atom. The van der Waals surface area contributed by atoms with Crippen LogP contribution in [-0.2, 0) is 0 Å². The molecule has 0 heterocycles. The SMILES string of the molecule is C=C/C=C/C/C=C/C/C=C/CCCCCCCCCCC. The molecule has 0 unspecified atom stereocenters. The summed E-state index contributed by atoms with van der Waals surface area (Å²) in [5.74, 6) is 0. The summed E-state index contributed by atoms with van der Waals surface area (Å²) in [6.45, 7) is 5.93. The van der Waals surface area contributed by atoms with Crippen LogP contribution in [0.1, 0.15) is 84.0 Å². The van der Waals surface area contributed by atoms with Crippen molar-refractivity contribution in [1.29, 1.82) is 0 Å². The van der Waals surface area contributed by atoms with E-state index in [0.29, 0.717) is 0 Å². The van der Waals surface area contributed by atoms with Crippen molar-refractivity contribution in [2.24, 2.45) is 0 Å². The highest BCUT2D eigenvalue weighted by Gasteiger charge is 1.90. The molecule has 21 heavy (non-hydrogen) atoms. The van der Waals surface area contributed by atoms with Crippen LogP contribution in [0.5, 0.6) is 0 Å². The molecule has 0 fully saturated rings. The van der Waals surface area contributed by atoms with Gasteiger partial charge in [-0.25, -0.2) is 0 Å². The smallest absolute Gasteiger partial charge is 0.0166 e. The van der Waals surface area contributed by atoms with Gasteiger partial charge < -0.3 is 0 Å². The fourth-order valence-electron chi connectivity index (χ4n) is 2.31. The molecule has 0 amide bonds. The maximum absolute atomic E-state index is 3.65. The van der Waals surface area contributed by atoms with Crippen molar-refractivity contribution in [1.82, 2.24) is 0 Å². The monoisotopic (exact) mass is 288 g/mol. The molecule has 0 aliphatic heterocycles. The number of allylic oxidation sites excluding steroid dienone is 7. The van der Waals surface area contributed by atoms with E-state index in [1.807, 2.05) is 12.2 Å². The molecule has 0 bridgehead atoms. The summed E-state index contributed by atoms with van der Waals surface area (Å²) in [7, 11) is 0. The Bertz CT molecular complexity index is 280. The van der Waals surface area contributed by atoms with E-state index in [-0.39, 0.29) is 0 Å². The van der Waals surface area contributed by atoms with E-state index in [4.69, 9.17) is 0 Å². The third-order valence-electron chi connectivity index (χ3n) is 3.62. The number of rotatable bonds is 15. The summed E-state index contributed by atoms with van der Waals surface area (Å²) in [5, 5.41) is 0. The fourth-order valence-corrected chi connectivity index (χ4v) is 2.31. The Labute approximate surface area is 133 Å². The van der Waals surface area contributed by atoms with E-state index < -0.39 is 0 Å². The highest BCUT2D eigenvalue weighted by molar-refractivity contribution is 5.02. The molecule has 0 heteroatoms. The molecule has 0 N–H and O–H groups in total. The summed E-state index contributed by atoms with van der Waals surface area (Å²) in [6.07, 6.45) is 31.1. The summed E-state index contributed by atoms with van der Waals surface area (Å²) >= 11 is 0. The lowest BCUT2D eigenvalue weighted by atomic mass is 10.1. The van der Waals surface area contributed by atoms with Gasteiger partial charge in [-0.2, -0.15) is 0 Å². The van der Waals surface area contributed by atoms with Gasteiger partial charge in [0.1, 0.15) is 0 Å². The number of hydrogen-bond donors (Lipinski definition) is 0. The molecule has 0 aliphatic rings. The predicted molar refractivity (Wildman–Crippen MR) is 98.7 cm³/mol. The zero-order chi connectivity index (χ0) is 15.4. The quantitative estimate of drug-likeness (QED) is 0.166. The van der Waals surface area contributed by atoms with Crippen LogP contribution in [-0.4, -0.2) is 0 Å².